The Morgan fingerprint density at radius 2 is 1.83 bits per heavy atom. The smallest absolute Gasteiger partial charge is 0.146 e. The minimum absolute atomic E-state index is 0.126. The van der Waals surface area contributed by atoms with Crippen LogP contribution >= 0.6 is 11.6 Å². The maximum absolute atomic E-state index is 9.21. The Morgan fingerprint density at radius 1 is 1.11 bits per heavy atom. The van der Waals surface area contributed by atoms with Crippen molar-refractivity contribution in [3.63, 3.8) is 0 Å². The number of nitrogens with zero attached hydrogens (tertiary/aromatic N) is 1. The molecule has 3 nitrogen and oxygen atoms in total. The predicted molar refractivity (Wildman–Crippen MR) is 68.6 cm³/mol. The maximum atomic E-state index is 9.21. The third-order valence-corrected chi connectivity index (χ3v) is 2.77. The standard InChI is InChI=1S/C14H10ClNO2/c15-12-5-3-7-14(11(12)8-16)18-13-6-2-1-4-10(13)9-17/h1-7,17H,9H2. The Balaban J connectivity index is 2.41. The van der Waals surface area contributed by atoms with Crippen LogP contribution in [0.3, 0.4) is 0 Å². The van der Waals surface area contributed by atoms with Crippen LogP contribution in [0.2, 0.25) is 5.02 Å². The van der Waals surface area contributed by atoms with Gasteiger partial charge in [-0.25, -0.2) is 0 Å². The molecule has 1 N–H and O–H groups in total. The van der Waals surface area contributed by atoms with Gasteiger partial charge in [0.25, 0.3) is 0 Å². The van der Waals surface area contributed by atoms with E-state index in [9.17, 15) is 5.11 Å². The van der Waals surface area contributed by atoms with E-state index in [0.29, 0.717) is 22.1 Å². The number of aliphatic hydroxyl groups is 1. The van der Waals surface area contributed by atoms with Crippen LogP contribution in [0.5, 0.6) is 11.5 Å². The molecule has 0 amide bonds. The van der Waals surface area contributed by atoms with Gasteiger partial charge in [-0.2, -0.15) is 5.26 Å². The lowest BCUT2D eigenvalue weighted by Crippen LogP contribution is -1.93. The molecular formula is C14H10ClNO2. The molecule has 0 aliphatic heterocycles. The largest absolute Gasteiger partial charge is 0.456 e. The van der Waals surface area contributed by atoms with Crippen LogP contribution in [-0.2, 0) is 6.61 Å². The molecular weight excluding hydrogens is 250 g/mol. The topological polar surface area (TPSA) is 53.2 Å². The zero-order valence-corrected chi connectivity index (χ0v) is 10.2. The highest BCUT2D eigenvalue weighted by Crippen LogP contribution is 2.31. The molecule has 90 valence electrons. The summed E-state index contributed by atoms with van der Waals surface area (Å²) in [5.41, 5.74) is 0.938. The summed E-state index contributed by atoms with van der Waals surface area (Å²) in [5, 5.41) is 18.6. The summed E-state index contributed by atoms with van der Waals surface area (Å²) >= 11 is 5.92. The fraction of sp³-hybridized carbons (Fsp3) is 0.0714. The number of nitriles is 1. The molecule has 0 radical (unpaired) electrons. The van der Waals surface area contributed by atoms with Crippen LogP contribution in [0.25, 0.3) is 0 Å². The van der Waals surface area contributed by atoms with E-state index in [1.165, 1.54) is 0 Å². The van der Waals surface area contributed by atoms with Crippen LogP contribution in [0.15, 0.2) is 42.5 Å². The van der Waals surface area contributed by atoms with Crippen molar-refractivity contribution in [2.45, 2.75) is 6.61 Å². The number of rotatable bonds is 3. The highest BCUT2D eigenvalue weighted by Gasteiger charge is 2.10. The van der Waals surface area contributed by atoms with Gasteiger partial charge >= 0.3 is 0 Å². The van der Waals surface area contributed by atoms with E-state index in [0.717, 1.165) is 0 Å². The lowest BCUT2D eigenvalue weighted by Gasteiger charge is -2.11. The van der Waals surface area contributed by atoms with E-state index in [1.807, 2.05) is 12.1 Å². The van der Waals surface area contributed by atoms with Crippen LogP contribution in [-0.4, -0.2) is 5.11 Å². The van der Waals surface area contributed by atoms with Crippen LogP contribution in [0.1, 0.15) is 11.1 Å². The van der Waals surface area contributed by atoms with E-state index in [-0.39, 0.29) is 12.2 Å². The highest BCUT2D eigenvalue weighted by atomic mass is 35.5. The van der Waals surface area contributed by atoms with Crippen LogP contribution in [0, 0.1) is 11.3 Å². The first kappa shape index (κ1) is 12.4. The molecule has 2 aromatic rings. The van der Waals surface area contributed by atoms with Crippen molar-refractivity contribution in [2.24, 2.45) is 0 Å². The van der Waals surface area contributed by atoms with Gasteiger partial charge in [0.15, 0.2) is 0 Å². The van der Waals surface area contributed by atoms with Crippen molar-refractivity contribution in [1.29, 1.82) is 5.26 Å². The molecule has 0 aliphatic rings. The van der Waals surface area contributed by atoms with Crippen LogP contribution < -0.4 is 4.74 Å². The molecule has 2 aromatic carbocycles. The monoisotopic (exact) mass is 259 g/mol. The average Bonchev–Trinajstić information content (AvgIpc) is 2.40. The number of hydrogen-bond acceptors (Lipinski definition) is 3. The predicted octanol–water partition coefficient (Wildman–Crippen LogP) is 3.50. The Kier molecular flexibility index (Phi) is 3.83. The first-order valence-corrected chi connectivity index (χ1v) is 5.69. The molecule has 0 heterocycles. The van der Waals surface area contributed by atoms with Gasteiger partial charge in [-0.3, -0.25) is 0 Å². The normalized spacial score (nSPS) is 9.83. The number of para-hydroxylation sites is 1. The summed E-state index contributed by atoms with van der Waals surface area (Å²) in [6, 6.07) is 14.1. The molecule has 2 rings (SSSR count). The third-order valence-electron chi connectivity index (χ3n) is 2.45. The van der Waals surface area contributed by atoms with E-state index < -0.39 is 0 Å². The summed E-state index contributed by atoms with van der Waals surface area (Å²) in [6.07, 6.45) is 0. The first-order valence-electron chi connectivity index (χ1n) is 5.31. The van der Waals surface area contributed by atoms with E-state index in [4.69, 9.17) is 21.6 Å². The summed E-state index contributed by atoms with van der Waals surface area (Å²) in [6.45, 7) is -0.126. The minimum atomic E-state index is -0.126. The van der Waals surface area contributed by atoms with E-state index >= 15 is 0 Å². The van der Waals surface area contributed by atoms with Gasteiger partial charge in [-0.15, -0.1) is 0 Å². The number of aliphatic hydroxyl groups excluding tert-OH is 1. The zero-order valence-electron chi connectivity index (χ0n) is 9.43. The number of halogens is 1. The fourth-order valence-corrected chi connectivity index (χ4v) is 1.76. The third kappa shape index (κ3) is 2.45. The molecule has 18 heavy (non-hydrogen) atoms. The van der Waals surface area contributed by atoms with Gasteiger partial charge < -0.3 is 9.84 Å². The molecule has 0 unspecified atom stereocenters. The molecule has 0 saturated heterocycles. The Bertz CT molecular complexity index is 605. The Hall–Kier alpha value is -2.02. The van der Waals surface area contributed by atoms with Crippen molar-refractivity contribution >= 4 is 11.6 Å². The lowest BCUT2D eigenvalue weighted by molar-refractivity contribution is 0.276. The minimum Gasteiger partial charge on any atom is -0.456 e. The molecule has 0 saturated carbocycles. The molecule has 0 fully saturated rings. The van der Waals surface area contributed by atoms with Gasteiger partial charge in [0.05, 0.1) is 11.6 Å². The highest BCUT2D eigenvalue weighted by molar-refractivity contribution is 6.31. The average molecular weight is 260 g/mol. The van der Waals surface area contributed by atoms with Crippen molar-refractivity contribution in [3.8, 4) is 17.6 Å². The Labute approximate surface area is 110 Å². The summed E-state index contributed by atoms with van der Waals surface area (Å²) in [7, 11) is 0. The second kappa shape index (κ2) is 5.54. The molecule has 0 atom stereocenters. The second-order valence-electron chi connectivity index (χ2n) is 3.59. The maximum Gasteiger partial charge on any atom is 0.146 e. The van der Waals surface area contributed by atoms with Gasteiger partial charge in [0, 0.05) is 5.56 Å². The number of ether oxygens (including phenoxy) is 1. The summed E-state index contributed by atoms with van der Waals surface area (Å²) in [5.74, 6) is 0.893. The second-order valence-corrected chi connectivity index (χ2v) is 4.00. The van der Waals surface area contributed by atoms with Crippen LogP contribution in [0.4, 0.5) is 0 Å². The quantitative estimate of drug-likeness (QED) is 0.918. The van der Waals surface area contributed by atoms with E-state index in [2.05, 4.69) is 0 Å². The van der Waals surface area contributed by atoms with Gasteiger partial charge in [-0.1, -0.05) is 35.9 Å². The van der Waals surface area contributed by atoms with Crippen molar-refractivity contribution in [1.82, 2.24) is 0 Å². The van der Waals surface area contributed by atoms with Gasteiger partial charge in [-0.05, 0) is 18.2 Å². The van der Waals surface area contributed by atoms with Crippen molar-refractivity contribution in [2.75, 3.05) is 0 Å². The van der Waals surface area contributed by atoms with E-state index in [1.54, 1.807) is 36.4 Å². The van der Waals surface area contributed by atoms with Gasteiger partial charge in [0.2, 0.25) is 0 Å². The number of hydrogen-bond donors (Lipinski definition) is 1. The summed E-state index contributed by atoms with van der Waals surface area (Å²) in [4.78, 5) is 0. The Morgan fingerprint density at radius 3 is 2.56 bits per heavy atom. The first-order chi connectivity index (χ1) is 8.76. The number of benzene rings is 2. The molecule has 0 spiro atoms. The summed E-state index contributed by atoms with van der Waals surface area (Å²) < 4.78 is 5.64. The molecule has 0 bridgehead atoms. The van der Waals surface area contributed by atoms with Crippen molar-refractivity contribution in [3.05, 3.63) is 58.6 Å². The van der Waals surface area contributed by atoms with Gasteiger partial charge in [0.1, 0.15) is 23.1 Å². The molecule has 0 aromatic heterocycles. The molecule has 0 aliphatic carbocycles. The SMILES string of the molecule is N#Cc1c(Cl)cccc1Oc1ccccc1CO. The lowest BCUT2D eigenvalue weighted by atomic mass is 10.2. The zero-order chi connectivity index (χ0) is 13.0. The molecule has 4 heteroatoms. The fourth-order valence-electron chi connectivity index (χ4n) is 1.55. The van der Waals surface area contributed by atoms with Crippen molar-refractivity contribution < 1.29 is 9.84 Å².